The van der Waals surface area contributed by atoms with Gasteiger partial charge in [0.2, 0.25) is 0 Å². The van der Waals surface area contributed by atoms with Crippen molar-refractivity contribution in [2.75, 3.05) is 40.4 Å². The third-order valence-corrected chi connectivity index (χ3v) is 5.86. The Morgan fingerprint density at radius 1 is 1.19 bits per heavy atom. The molecule has 8 heteroatoms. The molecular formula is C23H29ClN2O5. The number of hydrogen-bond acceptors (Lipinski definition) is 6. The number of ether oxygens (including phenoxy) is 2. The van der Waals surface area contributed by atoms with E-state index in [1.165, 1.54) is 0 Å². The quantitative estimate of drug-likeness (QED) is 0.536. The zero-order chi connectivity index (χ0) is 22.4. The average molecular weight is 449 g/mol. The Morgan fingerprint density at radius 3 is 2.58 bits per heavy atom. The highest BCUT2D eigenvalue weighted by molar-refractivity contribution is 6.30. The molecule has 1 amide bonds. The summed E-state index contributed by atoms with van der Waals surface area (Å²) in [6.45, 7) is 1.21. The molecule has 1 saturated heterocycles. The average Bonchev–Trinajstić information content (AvgIpc) is 2.78. The summed E-state index contributed by atoms with van der Waals surface area (Å²) < 4.78 is 10.6. The molecule has 3 N–H and O–H groups in total. The Labute approximate surface area is 187 Å². The van der Waals surface area contributed by atoms with Crippen LogP contribution in [0.3, 0.4) is 0 Å². The zero-order valence-corrected chi connectivity index (χ0v) is 18.6. The van der Waals surface area contributed by atoms with Gasteiger partial charge in [-0.3, -0.25) is 4.79 Å². The molecule has 7 nitrogen and oxygen atoms in total. The molecule has 0 unspecified atom stereocenters. The van der Waals surface area contributed by atoms with Gasteiger partial charge >= 0.3 is 0 Å². The third kappa shape index (κ3) is 5.68. The van der Waals surface area contributed by atoms with E-state index in [1.54, 1.807) is 43.4 Å². The predicted octanol–water partition coefficient (Wildman–Crippen LogP) is 2.13. The number of hydrogen-bond donors (Lipinski definition) is 3. The van der Waals surface area contributed by atoms with Crippen LogP contribution >= 0.6 is 11.6 Å². The van der Waals surface area contributed by atoms with Gasteiger partial charge in [0, 0.05) is 23.7 Å². The summed E-state index contributed by atoms with van der Waals surface area (Å²) in [6.07, 6.45) is 0.114. The number of likely N-dealkylation sites (tertiary alicyclic amines) is 1. The molecule has 2 aromatic carbocycles. The molecule has 0 saturated carbocycles. The summed E-state index contributed by atoms with van der Waals surface area (Å²) in [5.74, 6) is 1.15. The van der Waals surface area contributed by atoms with E-state index < -0.39 is 11.7 Å². The largest absolute Gasteiger partial charge is 0.493 e. The van der Waals surface area contributed by atoms with E-state index in [0.717, 1.165) is 5.56 Å². The molecule has 1 aliphatic heterocycles. The SMILES string of the molecule is COc1ccc(CCNC[C@]2(O)CN(C(=O)c3ccc(Cl)cc3)CC[C@H]2O)cc1OC. The van der Waals surface area contributed by atoms with Crippen LogP contribution in [0.15, 0.2) is 42.5 Å². The van der Waals surface area contributed by atoms with Crippen molar-refractivity contribution in [3.05, 3.63) is 58.6 Å². The standard InChI is InChI=1S/C23H29ClN2O5/c1-30-19-8-3-16(13-20(19)31-2)9-11-25-14-23(29)15-26(12-10-21(23)27)22(28)17-4-6-18(24)7-5-17/h3-8,13,21,25,27,29H,9-12,14-15H2,1-2H3/t21-,23+/m1/s1. The lowest BCUT2D eigenvalue weighted by atomic mass is 9.89. The third-order valence-electron chi connectivity index (χ3n) is 5.61. The second-order valence-electron chi connectivity index (χ2n) is 7.76. The molecule has 1 fully saturated rings. The monoisotopic (exact) mass is 448 g/mol. The second-order valence-corrected chi connectivity index (χ2v) is 8.19. The fraction of sp³-hybridized carbons (Fsp3) is 0.435. The van der Waals surface area contributed by atoms with Crippen LogP contribution in [0.4, 0.5) is 0 Å². The fourth-order valence-corrected chi connectivity index (χ4v) is 3.88. The van der Waals surface area contributed by atoms with Crippen molar-refractivity contribution in [3.8, 4) is 11.5 Å². The molecule has 0 aliphatic carbocycles. The summed E-state index contributed by atoms with van der Waals surface area (Å²) in [4.78, 5) is 14.4. The van der Waals surface area contributed by atoms with Gasteiger partial charge in [-0.25, -0.2) is 0 Å². The first kappa shape index (κ1) is 23.3. The fourth-order valence-electron chi connectivity index (χ4n) is 3.76. The Bertz CT molecular complexity index is 892. The highest BCUT2D eigenvalue weighted by Gasteiger charge is 2.42. The number of amides is 1. The van der Waals surface area contributed by atoms with Crippen LogP contribution in [0.1, 0.15) is 22.3 Å². The van der Waals surface area contributed by atoms with E-state index in [2.05, 4.69) is 5.32 Å². The molecule has 2 atom stereocenters. The Morgan fingerprint density at radius 2 is 1.90 bits per heavy atom. The minimum Gasteiger partial charge on any atom is -0.493 e. The van der Waals surface area contributed by atoms with Crippen molar-refractivity contribution < 1.29 is 24.5 Å². The van der Waals surface area contributed by atoms with E-state index in [4.69, 9.17) is 21.1 Å². The second kappa shape index (κ2) is 10.3. The number of carbonyl (C=O) groups excluding carboxylic acids is 1. The molecule has 1 aliphatic rings. The summed E-state index contributed by atoms with van der Waals surface area (Å²) in [5, 5.41) is 25.2. The van der Waals surface area contributed by atoms with Gasteiger partial charge in [-0.1, -0.05) is 17.7 Å². The predicted molar refractivity (Wildman–Crippen MR) is 119 cm³/mol. The number of nitrogens with one attached hydrogen (secondary N) is 1. The van der Waals surface area contributed by atoms with Gasteiger partial charge in [0.05, 0.1) is 26.9 Å². The molecule has 0 bridgehead atoms. The van der Waals surface area contributed by atoms with E-state index in [9.17, 15) is 15.0 Å². The highest BCUT2D eigenvalue weighted by Crippen LogP contribution is 2.28. The minimum atomic E-state index is -1.42. The molecule has 3 rings (SSSR count). The zero-order valence-electron chi connectivity index (χ0n) is 17.8. The Kier molecular flexibility index (Phi) is 7.78. The van der Waals surface area contributed by atoms with Gasteiger partial charge < -0.3 is 29.9 Å². The van der Waals surface area contributed by atoms with Crippen LogP contribution < -0.4 is 14.8 Å². The molecule has 0 spiro atoms. The van der Waals surface area contributed by atoms with Gasteiger partial charge in [-0.2, -0.15) is 0 Å². The highest BCUT2D eigenvalue weighted by atomic mass is 35.5. The van der Waals surface area contributed by atoms with Gasteiger partial charge in [0.1, 0.15) is 5.60 Å². The normalized spacial score (nSPS) is 21.1. The summed E-state index contributed by atoms with van der Waals surface area (Å²) >= 11 is 5.89. The first-order valence-corrected chi connectivity index (χ1v) is 10.6. The van der Waals surface area contributed by atoms with Crippen molar-refractivity contribution in [2.24, 2.45) is 0 Å². The molecule has 0 radical (unpaired) electrons. The van der Waals surface area contributed by atoms with Crippen LogP contribution in [0.25, 0.3) is 0 Å². The summed E-state index contributed by atoms with van der Waals surface area (Å²) in [5.41, 5.74) is 0.142. The maximum absolute atomic E-state index is 12.8. The van der Waals surface area contributed by atoms with Gasteiger partial charge in [-0.15, -0.1) is 0 Å². The minimum absolute atomic E-state index is 0.0545. The summed E-state index contributed by atoms with van der Waals surface area (Å²) in [6, 6.07) is 12.4. The molecular weight excluding hydrogens is 420 g/mol. The Balaban J connectivity index is 1.56. The van der Waals surface area contributed by atoms with Crippen molar-refractivity contribution >= 4 is 17.5 Å². The van der Waals surface area contributed by atoms with Crippen LogP contribution in [-0.4, -0.2) is 73.1 Å². The molecule has 2 aromatic rings. The number of rotatable bonds is 8. The first-order chi connectivity index (χ1) is 14.9. The molecule has 168 valence electrons. The number of methoxy groups -OCH3 is 2. The number of aliphatic hydroxyl groups is 2. The van der Waals surface area contributed by atoms with E-state index in [1.807, 2.05) is 18.2 Å². The van der Waals surface area contributed by atoms with Crippen LogP contribution in [0.5, 0.6) is 11.5 Å². The lowest BCUT2D eigenvalue weighted by Gasteiger charge is -2.42. The number of piperidine rings is 1. The van der Waals surface area contributed by atoms with E-state index >= 15 is 0 Å². The van der Waals surface area contributed by atoms with Gasteiger partial charge in [-0.05, 0) is 61.3 Å². The van der Waals surface area contributed by atoms with Gasteiger partial charge in [0.25, 0.3) is 5.91 Å². The Hall–Kier alpha value is -2.32. The maximum Gasteiger partial charge on any atom is 0.253 e. The van der Waals surface area contributed by atoms with E-state index in [-0.39, 0.29) is 19.0 Å². The van der Waals surface area contributed by atoms with Crippen molar-refractivity contribution in [3.63, 3.8) is 0 Å². The lowest BCUT2D eigenvalue weighted by Crippen LogP contribution is -2.62. The van der Waals surface area contributed by atoms with Gasteiger partial charge in [0.15, 0.2) is 11.5 Å². The summed E-state index contributed by atoms with van der Waals surface area (Å²) in [7, 11) is 3.19. The van der Waals surface area contributed by atoms with E-state index in [0.29, 0.717) is 48.0 Å². The van der Waals surface area contributed by atoms with Crippen LogP contribution in [0.2, 0.25) is 5.02 Å². The molecule has 31 heavy (non-hydrogen) atoms. The van der Waals surface area contributed by atoms with Crippen molar-refractivity contribution in [1.29, 1.82) is 0 Å². The van der Waals surface area contributed by atoms with Crippen LogP contribution in [-0.2, 0) is 6.42 Å². The molecule has 1 heterocycles. The van der Waals surface area contributed by atoms with Crippen molar-refractivity contribution in [1.82, 2.24) is 10.2 Å². The first-order valence-electron chi connectivity index (χ1n) is 10.2. The smallest absolute Gasteiger partial charge is 0.253 e. The number of halogens is 1. The topological polar surface area (TPSA) is 91.3 Å². The maximum atomic E-state index is 12.8. The number of carbonyl (C=O) groups is 1. The number of nitrogens with zero attached hydrogens (tertiary/aromatic N) is 1. The van der Waals surface area contributed by atoms with Crippen molar-refractivity contribution in [2.45, 2.75) is 24.5 Å². The lowest BCUT2D eigenvalue weighted by molar-refractivity contribution is -0.111. The number of β-amino-alcohol motifs (C(OH)–C–C–N with tert-alkyl or cyclic N) is 1. The molecule has 0 aromatic heterocycles. The number of benzene rings is 2. The van der Waals surface area contributed by atoms with Crippen LogP contribution in [0, 0.1) is 0 Å². The number of aliphatic hydroxyl groups excluding tert-OH is 1.